The minimum Gasteiger partial charge on any atom is -0.394 e. The maximum Gasteiger partial charge on any atom is 0.246 e. The van der Waals surface area contributed by atoms with E-state index in [0.717, 1.165) is 6.42 Å². The van der Waals surface area contributed by atoms with Crippen molar-refractivity contribution in [1.29, 1.82) is 0 Å². The summed E-state index contributed by atoms with van der Waals surface area (Å²) in [7, 11) is 0. The second-order valence-corrected chi connectivity index (χ2v) is 12.3. The predicted molar refractivity (Wildman–Crippen MR) is 132 cm³/mol. The van der Waals surface area contributed by atoms with Gasteiger partial charge in [0.05, 0.1) is 30.6 Å². The lowest BCUT2D eigenvalue weighted by atomic mass is 9.70. The third kappa shape index (κ3) is 4.58. The summed E-state index contributed by atoms with van der Waals surface area (Å²) in [6.45, 7) is 11.7. The molecule has 35 heavy (non-hydrogen) atoms. The molecule has 0 aliphatic carbocycles. The number of carbonyl (C=O) groups is 3. The molecule has 192 valence electrons. The van der Waals surface area contributed by atoms with E-state index in [-0.39, 0.29) is 29.7 Å². The molecule has 3 aliphatic rings. The molecule has 0 saturated carbocycles. The van der Waals surface area contributed by atoms with E-state index in [1.165, 1.54) is 4.90 Å². The molecule has 0 radical (unpaired) electrons. The van der Waals surface area contributed by atoms with Gasteiger partial charge in [0.2, 0.25) is 17.7 Å². The zero-order valence-electron chi connectivity index (χ0n) is 21.6. The van der Waals surface area contributed by atoms with Crippen LogP contribution in [0, 0.1) is 17.3 Å². The summed E-state index contributed by atoms with van der Waals surface area (Å²) in [5, 5.41) is 16.0. The van der Waals surface area contributed by atoms with Gasteiger partial charge in [0.15, 0.2) is 0 Å². The van der Waals surface area contributed by atoms with Crippen LogP contribution in [0.3, 0.4) is 0 Å². The summed E-state index contributed by atoms with van der Waals surface area (Å²) in [4.78, 5) is 42.5. The van der Waals surface area contributed by atoms with Gasteiger partial charge >= 0.3 is 0 Å². The lowest BCUT2D eigenvalue weighted by Gasteiger charge is -2.39. The highest BCUT2D eigenvalue weighted by molar-refractivity contribution is 6.02. The van der Waals surface area contributed by atoms with Crippen molar-refractivity contribution in [3.63, 3.8) is 0 Å². The second-order valence-electron chi connectivity index (χ2n) is 12.3. The number of fused-ring (bicyclic) bond motifs is 1. The fourth-order valence-electron chi connectivity index (χ4n) is 6.77. The molecule has 3 amide bonds. The van der Waals surface area contributed by atoms with Crippen molar-refractivity contribution in [3.05, 3.63) is 30.3 Å². The summed E-state index contributed by atoms with van der Waals surface area (Å²) < 4.78 is 6.43. The number of aliphatic hydroxyl groups is 1. The Hall–Kier alpha value is -2.45. The molecule has 3 N–H and O–H groups in total. The molecule has 1 aromatic rings. The van der Waals surface area contributed by atoms with Crippen LogP contribution in [0.15, 0.2) is 30.3 Å². The Balaban J connectivity index is 1.66. The highest BCUT2D eigenvalue weighted by Crippen LogP contribution is 2.59. The van der Waals surface area contributed by atoms with Gasteiger partial charge in [0, 0.05) is 11.2 Å². The van der Waals surface area contributed by atoms with Crippen LogP contribution in [-0.4, -0.2) is 63.7 Å². The third-order valence-electron chi connectivity index (χ3n) is 7.50. The highest BCUT2D eigenvalue weighted by atomic mass is 16.5. The lowest BCUT2D eigenvalue weighted by molar-refractivity contribution is -0.145. The normalized spacial score (nSPS) is 30.8. The van der Waals surface area contributed by atoms with Gasteiger partial charge in [-0.2, -0.15) is 0 Å². The molecule has 8 nitrogen and oxygen atoms in total. The average Bonchev–Trinajstić information content (AvgIpc) is 3.39. The van der Waals surface area contributed by atoms with E-state index in [1.54, 1.807) is 19.1 Å². The Morgan fingerprint density at radius 1 is 1.17 bits per heavy atom. The number of likely N-dealkylation sites (tertiary alicyclic amines) is 1. The standard InChI is InChI=1S/C27H39N3O5/c1-16(14-31)30-21(23(33)29-26(5,6)15-25(2,3)4)27-13-12-18(35-27)19(20(27)24(30)34)22(32)28-17-10-8-7-9-11-17/h7-11,16,18-21,31H,12-15H2,1-6H3,(H,28,32)(H,29,33)/t16-,18+,19-,20+,21?,27?/m1/s1. The van der Waals surface area contributed by atoms with E-state index in [4.69, 9.17) is 4.74 Å². The summed E-state index contributed by atoms with van der Waals surface area (Å²) in [6, 6.07) is 7.64. The van der Waals surface area contributed by atoms with Crippen LogP contribution >= 0.6 is 0 Å². The molecule has 2 unspecified atom stereocenters. The van der Waals surface area contributed by atoms with Crippen molar-refractivity contribution in [1.82, 2.24) is 10.2 Å². The maximum atomic E-state index is 13.8. The Bertz CT molecular complexity index is 988. The zero-order chi connectivity index (χ0) is 25.8. The number of hydrogen-bond donors (Lipinski definition) is 3. The van der Waals surface area contributed by atoms with Crippen molar-refractivity contribution < 1.29 is 24.2 Å². The van der Waals surface area contributed by atoms with Gasteiger partial charge in [-0.1, -0.05) is 39.0 Å². The topological polar surface area (TPSA) is 108 Å². The number of ether oxygens (including phenoxy) is 1. The molecular formula is C27H39N3O5. The van der Waals surface area contributed by atoms with Gasteiger partial charge < -0.3 is 25.4 Å². The lowest BCUT2D eigenvalue weighted by Crippen LogP contribution is -2.60. The first-order chi connectivity index (χ1) is 16.3. The molecule has 0 aromatic heterocycles. The minimum atomic E-state index is -1.08. The first-order valence-electron chi connectivity index (χ1n) is 12.6. The number of rotatable bonds is 7. The molecule has 6 atom stereocenters. The van der Waals surface area contributed by atoms with E-state index in [2.05, 4.69) is 31.4 Å². The molecule has 3 fully saturated rings. The molecule has 3 saturated heterocycles. The molecule has 1 aromatic carbocycles. The van der Waals surface area contributed by atoms with Gasteiger partial charge in [0.25, 0.3) is 0 Å². The van der Waals surface area contributed by atoms with Crippen LogP contribution in [0.4, 0.5) is 5.69 Å². The smallest absolute Gasteiger partial charge is 0.246 e. The van der Waals surface area contributed by atoms with Gasteiger partial charge in [0.1, 0.15) is 11.6 Å². The van der Waals surface area contributed by atoms with Crippen LogP contribution in [0.5, 0.6) is 0 Å². The largest absolute Gasteiger partial charge is 0.394 e. The Morgan fingerprint density at radius 3 is 2.43 bits per heavy atom. The van der Waals surface area contributed by atoms with E-state index in [1.807, 2.05) is 32.0 Å². The monoisotopic (exact) mass is 485 g/mol. The van der Waals surface area contributed by atoms with Crippen LogP contribution in [-0.2, 0) is 19.1 Å². The molecular weight excluding hydrogens is 446 g/mol. The number of aliphatic hydroxyl groups excluding tert-OH is 1. The molecule has 3 heterocycles. The van der Waals surface area contributed by atoms with Crippen LogP contribution in [0.1, 0.15) is 60.8 Å². The Labute approximate surface area is 207 Å². The van der Waals surface area contributed by atoms with Crippen molar-refractivity contribution in [2.24, 2.45) is 17.3 Å². The van der Waals surface area contributed by atoms with Crippen molar-refractivity contribution in [2.45, 2.75) is 90.1 Å². The number of para-hydroxylation sites is 1. The van der Waals surface area contributed by atoms with Crippen molar-refractivity contribution in [3.8, 4) is 0 Å². The first kappa shape index (κ1) is 25.6. The Morgan fingerprint density at radius 2 is 1.83 bits per heavy atom. The fraction of sp³-hybridized carbons (Fsp3) is 0.667. The first-order valence-corrected chi connectivity index (χ1v) is 12.6. The molecule has 8 heteroatoms. The fourth-order valence-corrected chi connectivity index (χ4v) is 6.77. The maximum absolute atomic E-state index is 13.8. The van der Waals surface area contributed by atoms with Crippen LogP contribution < -0.4 is 10.6 Å². The summed E-state index contributed by atoms with van der Waals surface area (Å²) >= 11 is 0. The predicted octanol–water partition coefficient (Wildman–Crippen LogP) is 2.71. The third-order valence-corrected chi connectivity index (χ3v) is 7.50. The number of amides is 3. The van der Waals surface area contributed by atoms with E-state index < -0.39 is 41.2 Å². The number of benzene rings is 1. The zero-order valence-corrected chi connectivity index (χ0v) is 21.6. The number of nitrogens with zero attached hydrogens (tertiary/aromatic N) is 1. The van der Waals surface area contributed by atoms with Gasteiger partial charge in [-0.05, 0) is 57.6 Å². The van der Waals surface area contributed by atoms with Gasteiger partial charge in [-0.15, -0.1) is 0 Å². The molecule has 3 aliphatic heterocycles. The minimum absolute atomic E-state index is 0.00981. The summed E-state index contributed by atoms with van der Waals surface area (Å²) in [5.74, 6) is -2.31. The molecule has 4 rings (SSSR count). The van der Waals surface area contributed by atoms with E-state index in [0.29, 0.717) is 18.5 Å². The number of nitrogens with one attached hydrogen (secondary N) is 2. The SMILES string of the molecule is C[C@H](CO)N1C(=O)[C@@H]2[C@H](C(=O)Nc3ccccc3)[C@@H]3CCC2(O3)C1C(=O)NC(C)(C)CC(C)(C)C. The quantitative estimate of drug-likeness (QED) is 0.550. The molecule has 1 spiro atoms. The van der Waals surface area contributed by atoms with Crippen molar-refractivity contribution >= 4 is 23.4 Å². The van der Waals surface area contributed by atoms with E-state index in [9.17, 15) is 19.5 Å². The molecule has 2 bridgehead atoms. The number of carbonyl (C=O) groups excluding carboxylic acids is 3. The second kappa shape index (κ2) is 8.89. The summed E-state index contributed by atoms with van der Waals surface area (Å²) in [5.41, 5.74) is -0.948. The van der Waals surface area contributed by atoms with Gasteiger partial charge in [-0.25, -0.2) is 0 Å². The average molecular weight is 486 g/mol. The highest BCUT2D eigenvalue weighted by Gasteiger charge is 2.75. The van der Waals surface area contributed by atoms with Crippen molar-refractivity contribution in [2.75, 3.05) is 11.9 Å². The van der Waals surface area contributed by atoms with Crippen LogP contribution in [0.2, 0.25) is 0 Å². The number of anilines is 1. The van der Waals surface area contributed by atoms with E-state index >= 15 is 0 Å². The summed E-state index contributed by atoms with van der Waals surface area (Å²) in [6.07, 6.45) is 1.45. The number of hydrogen-bond acceptors (Lipinski definition) is 5. The van der Waals surface area contributed by atoms with Crippen LogP contribution in [0.25, 0.3) is 0 Å². The Kier molecular flexibility index (Phi) is 6.51. The van der Waals surface area contributed by atoms with Gasteiger partial charge in [-0.3, -0.25) is 14.4 Å².